The molecule has 5 heteroatoms. The van der Waals surface area contributed by atoms with Crippen molar-refractivity contribution in [1.29, 1.82) is 0 Å². The van der Waals surface area contributed by atoms with Gasteiger partial charge in [0.2, 0.25) is 5.95 Å². The van der Waals surface area contributed by atoms with Gasteiger partial charge in [-0.2, -0.15) is 4.98 Å². The maximum absolute atomic E-state index is 4.60. The van der Waals surface area contributed by atoms with Crippen LogP contribution in [0.5, 0.6) is 0 Å². The molecule has 1 aromatic carbocycles. The molecule has 106 valence electrons. The lowest BCUT2D eigenvalue weighted by Crippen LogP contribution is -2.44. The number of aromatic nitrogens is 3. The minimum atomic E-state index is 0.838. The molecule has 1 aliphatic heterocycles. The Labute approximate surface area is 119 Å². The van der Waals surface area contributed by atoms with Crippen molar-refractivity contribution in [3.63, 3.8) is 0 Å². The molecule has 0 unspecified atom stereocenters. The zero-order valence-corrected chi connectivity index (χ0v) is 11.9. The summed E-state index contributed by atoms with van der Waals surface area (Å²) >= 11 is 0. The van der Waals surface area contributed by atoms with Crippen LogP contribution in [0, 0.1) is 6.92 Å². The van der Waals surface area contributed by atoms with Crippen LogP contribution in [-0.4, -0.2) is 41.4 Å². The molecule has 1 saturated heterocycles. The van der Waals surface area contributed by atoms with E-state index in [1.165, 1.54) is 11.1 Å². The van der Waals surface area contributed by atoms with Crippen LogP contribution in [0.2, 0.25) is 0 Å². The summed E-state index contributed by atoms with van der Waals surface area (Å²) in [5.74, 6) is 1.81. The van der Waals surface area contributed by atoms with Crippen molar-refractivity contribution in [3.8, 4) is 0 Å². The molecule has 1 aromatic heterocycles. The number of nitrogens with zero attached hydrogens (tertiary/aromatic N) is 3. The number of nitrogens with one attached hydrogen (secondary N) is 2. The molecule has 0 amide bonds. The predicted octanol–water partition coefficient (Wildman–Crippen LogP) is 1.31. The maximum Gasteiger partial charge on any atom is 0.244 e. The molecule has 2 aromatic rings. The third-order valence-corrected chi connectivity index (χ3v) is 3.69. The Hall–Kier alpha value is -1.88. The van der Waals surface area contributed by atoms with Gasteiger partial charge in [0.15, 0.2) is 0 Å². The second-order valence-corrected chi connectivity index (χ2v) is 5.30. The minimum Gasteiger partial charge on any atom is -0.337 e. The number of hydrogen-bond acceptors (Lipinski definition) is 4. The smallest absolute Gasteiger partial charge is 0.244 e. The van der Waals surface area contributed by atoms with E-state index in [4.69, 9.17) is 0 Å². The van der Waals surface area contributed by atoms with E-state index in [1.807, 2.05) is 0 Å². The van der Waals surface area contributed by atoms with Crippen molar-refractivity contribution >= 4 is 5.95 Å². The number of benzene rings is 1. The summed E-state index contributed by atoms with van der Waals surface area (Å²) in [5.41, 5.74) is 2.64. The first-order valence-electron chi connectivity index (χ1n) is 7.24. The average molecular weight is 271 g/mol. The van der Waals surface area contributed by atoms with Crippen molar-refractivity contribution in [1.82, 2.24) is 20.5 Å². The van der Waals surface area contributed by atoms with E-state index in [-0.39, 0.29) is 0 Å². The van der Waals surface area contributed by atoms with Crippen LogP contribution in [0.25, 0.3) is 0 Å². The van der Waals surface area contributed by atoms with Crippen LogP contribution in [0.1, 0.15) is 17.0 Å². The highest BCUT2D eigenvalue weighted by atomic mass is 15.4. The molecule has 0 spiro atoms. The van der Waals surface area contributed by atoms with E-state index in [9.17, 15) is 0 Å². The average Bonchev–Trinajstić information content (AvgIpc) is 2.97. The van der Waals surface area contributed by atoms with Gasteiger partial charge < -0.3 is 10.2 Å². The number of anilines is 1. The van der Waals surface area contributed by atoms with Crippen molar-refractivity contribution in [3.05, 3.63) is 41.2 Å². The van der Waals surface area contributed by atoms with Crippen molar-refractivity contribution in [2.24, 2.45) is 0 Å². The number of piperazine rings is 1. The molecule has 0 saturated carbocycles. The summed E-state index contributed by atoms with van der Waals surface area (Å²) in [4.78, 5) is 6.82. The third kappa shape index (κ3) is 3.17. The van der Waals surface area contributed by atoms with Gasteiger partial charge in [-0.25, -0.2) is 0 Å². The van der Waals surface area contributed by atoms with E-state index in [2.05, 4.69) is 56.6 Å². The SMILES string of the molecule is Cc1ccc(CCc2nc(N3CCNCC3)n[nH]2)cc1. The van der Waals surface area contributed by atoms with E-state index in [0.717, 1.165) is 50.8 Å². The highest BCUT2D eigenvalue weighted by molar-refractivity contribution is 5.29. The number of aryl methyl sites for hydroxylation is 3. The summed E-state index contributed by atoms with van der Waals surface area (Å²) in [6, 6.07) is 8.68. The highest BCUT2D eigenvalue weighted by Gasteiger charge is 2.14. The zero-order valence-electron chi connectivity index (χ0n) is 11.9. The highest BCUT2D eigenvalue weighted by Crippen LogP contribution is 2.10. The lowest BCUT2D eigenvalue weighted by atomic mass is 10.1. The van der Waals surface area contributed by atoms with Gasteiger partial charge >= 0.3 is 0 Å². The molecule has 1 aliphatic rings. The monoisotopic (exact) mass is 271 g/mol. The molecule has 2 N–H and O–H groups in total. The Morgan fingerprint density at radius 2 is 1.85 bits per heavy atom. The summed E-state index contributed by atoms with van der Waals surface area (Å²) in [6.07, 6.45) is 1.90. The van der Waals surface area contributed by atoms with Crippen LogP contribution < -0.4 is 10.2 Å². The molecule has 0 atom stereocenters. The van der Waals surface area contributed by atoms with Crippen molar-refractivity contribution in [2.45, 2.75) is 19.8 Å². The van der Waals surface area contributed by atoms with Crippen LogP contribution in [0.4, 0.5) is 5.95 Å². The summed E-state index contributed by atoms with van der Waals surface area (Å²) in [5, 5.41) is 10.7. The van der Waals surface area contributed by atoms with Crippen molar-refractivity contribution < 1.29 is 0 Å². The van der Waals surface area contributed by atoms with Gasteiger partial charge in [0.25, 0.3) is 0 Å². The van der Waals surface area contributed by atoms with Gasteiger partial charge in [-0.3, -0.25) is 5.10 Å². The molecule has 20 heavy (non-hydrogen) atoms. The topological polar surface area (TPSA) is 56.8 Å². The Bertz CT molecular complexity index is 540. The largest absolute Gasteiger partial charge is 0.337 e. The third-order valence-electron chi connectivity index (χ3n) is 3.69. The van der Waals surface area contributed by atoms with E-state index in [0.29, 0.717) is 0 Å². The summed E-state index contributed by atoms with van der Waals surface area (Å²) in [6.45, 7) is 6.09. The maximum atomic E-state index is 4.60. The standard InChI is InChI=1S/C15H21N5/c1-12-2-4-13(5-3-12)6-7-14-17-15(19-18-14)20-10-8-16-9-11-20/h2-5,16H,6-11H2,1H3,(H,17,18,19). The Morgan fingerprint density at radius 1 is 1.10 bits per heavy atom. The summed E-state index contributed by atoms with van der Waals surface area (Å²) < 4.78 is 0. The minimum absolute atomic E-state index is 0.838. The molecule has 0 aliphatic carbocycles. The number of rotatable bonds is 4. The molecule has 2 heterocycles. The fourth-order valence-electron chi connectivity index (χ4n) is 2.42. The van der Waals surface area contributed by atoms with Crippen LogP contribution in [0.15, 0.2) is 24.3 Å². The van der Waals surface area contributed by atoms with E-state index < -0.39 is 0 Å². The quantitative estimate of drug-likeness (QED) is 0.880. The molecule has 5 nitrogen and oxygen atoms in total. The fourth-order valence-corrected chi connectivity index (χ4v) is 2.42. The van der Waals surface area contributed by atoms with Gasteiger partial charge in [0.1, 0.15) is 5.82 Å². The number of H-pyrrole nitrogens is 1. The van der Waals surface area contributed by atoms with Gasteiger partial charge in [0, 0.05) is 32.6 Å². The van der Waals surface area contributed by atoms with Crippen molar-refractivity contribution in [2.75, 3.05) is 31.1 Å². The second-order valence-electron chi connectivity index (χ2n) is 5.30. The first kappa shape index (κ1) is 13.1. The van der Waals surface area contributed by atoms with Gasteiger partial charge in [0.05, 0.1) is 0 Å². The molecule has 1 fully saturated rings. The van der Waals surface area contributed by atoms with E-state index in [1.54, 1.807) is 0 Å². The normalized spacial score (nSPS) is 15.6. The molecular weight excluding hydrogens is 250 g/mol. The predicted molar refractivity (Wildman–Crippen MR) is 80.1 cm³/mol. The van der Waals surface area contributed by atoms with Gasteiger partial charge in [-0.05, 0) is 18.9 Å². The summed E-state index contributed by atoms with van der Waals surface area (Å²) in [7, 11) is 0. The van der Waals surface area contributed by atoms with Gasteiger partial charge in [-0.1, -0.05) is 29.8 Å². The molecule has 0 bridgehead atoms. The molecular formula is C15H21N5. The number of hydrogen-bond donors (Lipinski definition) is 2. The van der Waals surface area contributed by atoms with Crippen LogP contribution in [-0.2, 0) is 12.8 Å². The zero-order chi connectivity index (χ0) is 13.8. The first-order valence-corrected chi connectivity index (χ1v) is 7.24. The second kappa shape index (κ2) is 6.05. The molecule has 0 radical (unpaired) electrons. The lowest BCUT2D eigenvalue weighted by Gasteiger charge is -2.25. The van der Waals surface area contributed by atoms with Crippen LogP contribution in [0.3, 0.4) is 0 Å². The van der Waals surface area contributed by atoms with Crippen LogP contribution >= 0.6 is 0 Å². The lowest BCUT2D eigenvalue weighted by molar-refractivity contribution is 0.580. The molecule has 3 rings (SSSR count). The first-order chi connectivity index (χ1) is 9.81. The Kier molecular flexibility index (Phi) is 3.97. The van der Waals surface area contributed by atoms with E-state index >= 15 is 0 Å². The Morgan fingerprint density at radius 3 is 2.60 bits per heavy atom. The fraction of sp³-hybridized carbons (Fsp3) is 0.467. The van der Waals surface area contributed by atoms with Gasteiger partial charge in [-0.15, -0.1) is 5.10 Å². The Balaban J connectivity index is 1.58. The number of aromatic amines is 1.